The van der Waals surface area contributed by atoms with E-state index in [0.717, 1.165) is 16.8 Å². The quantitative estimate of drug-likeness (QED) is 0.783. The first-order valence-electron chi connectivity index (χ1n) is 5.83. The molecule has 2 heteroatoms. The van der Waals surface area contributed by atoms with E-state index >= 15 is 0 Å². The van der Waals surface area contributed by atoms with E-state index in [-0.39, 0.29) is 11.7 Å². The highest BCUT2D eigenvalue weighted by atomic mass is 16.1. The van der Waals surface area contributed by atoms with Crippen molar-refractivity contribution in [3.8, 4) is 0 Å². The number of ketones is 1. The first kappa shape index (κ1) is 12.8. The topological polar surface area (TPSA) is 29.1 Å². The van der Waals surface area contributed by atoms with Crippen molar-refractivity contribution in [2.45, 2.75) is 40.7 Å². The highest BCUT2D eigenvalue weighted by Gasteiger charge is 2.13. The standard InChI is InChI=1S/C14H21NO/c1-9(2)14(16)13-8-12(15-10(3)4)7-6-11(13)5/h6-10,15H,1-5H3. The average molecular weight is 219 g/mol. The van der Waals surface area contributed by atoms with Crippen LogP contribution in [0.5, 0.6) is 0 Å². The lowest BCUT2D eigenvalue weighted by atomic mass is 9.96. The summed E-state index contributed by atoms with van der Waals surface area (Å²) in [6.45, 7) is 10.0. The number of rotatable bonds is 4. The SMILES string of the molecule is Cc1ccc(NC(C)C)cc1C(=O)C(C)C. The number of hydrogen-bond donors (Lipinski definition) is 1. The van der Waals surface area contributed by atoms with Gasteiger partial charge in [0, 0.05) is 23.2 Å². The van der Waals surface area contributed by atoms with Crippen LogP contribution in [0.15, 0.2) is 18.2 Å². The van der Waals surface area contributed by atoms with Gasteiger partial charge in [0.1, 0.15) is 0 Å². The van der Waals surface area contributed by atoms with E-state index in [1.807, 2.05) is 39.0 Å². The van der Waals surface area contributed by atoms with Gasteiger partial charge in [-0.3, -0.25) is 4.79 Å². The van der Waals surface area contributed by atoms with Crippen molar-refractivity contribution in [3.63, 3.8) is 0 Å². The van der Waals surface area contributed by atoms with Crippen LogP contribution in [0.2, 0.25) is 0 Å². The molecule has 0 aliphatic heterocycles. The summed E-state index contributed by atoms with van der Waals surface area (Å²) in [4.78, 5) is 12.0. The number of benzene rings is 1. The van der Waals surface area contributed by atoms with E-state index in [1.165, 1.54) is 0 Å². The Morgan fingerprint density at radius 3 is 2.31 bits per heavy atom. The molecule has 0 heterocycles. The second-order valence-corrected chi connectivity index (χ2v) is 4.85. The Hall–Kier alpha value is -1.31. The van der Waals surface area contributed by atoms with Gasteiger partial charge in [0.15, 0.2) is 5.78 Å². The minimum atomic E-state index is 0.0491. The minimum absolute atomic E-state index is 0.0491. The van der Waals surface area contributed by atoms with Crippen LogP contribution in [0.1, 0.15) is 43.6 Å². The summed E-state index contributed by atoms with van der Waals surface area (Å²) in [6.07, 6.45) is 0. The molecule has 0 atom stereocenters. The molecule has 88 valence electrons. The highest BCUT2D eigenvalue weighted by Crippen LogP contribution is 2.19. The molecular weight excluding hydrogens is 198 g/mol. The summed E-state index contributed by atoms with van der Waals surface area (Å²) in [5, 5.41) is 3.31. The fraction of sp³-hybridized carbons (Fsp3) is 0.500. The lowest BCUT2D eigenvalue weighted by Crippen LogP contribution is -2.13. The lowest BCUT2D eigenvalue weighted by Gasteiger charge is -2.13. The van der Waals surface area contributed by atoms with Crippen molar-refractivity contribution >= 4 is 11.5 Å². The molecular formula is C14H21NO. The third-order valence-electron chi connectivity index (χ3n) is 2.48. The van der Waals surface area contributed by atoms with Gasteiger partial charge in [-0.15, -0.1) is 0 Å². The Balaban J connectivity index is 3.04. The number of anilines is 1. The van der Waals surface area contributed by atoms with Crippen molar-refractivity contribution in [1.29, 1.82) is 0 Å². The Morgan fingerprint density at radius 2 is 1.81 bits per heavy atom. The number of nitrogens with one attached hydrogen (secondary N) is 1. The molecule has 0 fully saturated rings. The van der Waals surface area contributed by atoms with E-state index in [2.05, 4.69) is 19.2 Å². The zero-order chi connectivity index (χ0) is 12.3. The van der Waals surface area contributed by atoms with Crippen LogP contribution in [0, 0.1) is 12.8 Å². The van der Waals surface area contributed by atoms with Crippen LogP contribution >= 0.6 is 0 Å². The Morgan fingerprint density at radius 1 is 1.19 bits per heavy atom. The number of carbonyl (C=O) groups excluding carboxylic acids is 1. The van der Waals surface area contributed by atoms with E-state index < -0.39 is 0 Å². The molecule has 2 nitrogen and oxygen atoms in total. The third kappa shape index (κ3) is 3.09. The van der Waals surface area contributed by atoms with E-state index in [0.29, 0.717) is 6.04 Å². The fourth-order valence-corrected chi connectivity index (χ4v) is 1.62. The molecule has 0 amide bonds. The third-order valence-corrected chi connectivity index (χ3v) is 2.48. The maximum Gasteiger partial charge on any atom is 0.165 e. The second-order valence-electron chi connectivity index (χ2n) is 4.85. The Labute approximate surface area is 98.1 Å². The number of carbonyl (C=O) groups is 1. The van der Waals surface area contributed by atoms with Crippen LogP contribution in [-0.2, 0) is 0 Å². The first-order chi connectivity index (χ1) is 7.41. The number of aryl methyl sites for hydroxylation is 1. The van der Waals surface area contributed by atoms with Gasteiger partial charge in [-0.05, 0) is 38.5 Å². The van der Waals surface area contributed by atoms with Crippen LogP contribution in [0.25, 0.3) is 0 Å². The molecule has 1 aromatic carbocycles. The van der Waals surface area contributed by atoms with Gasteiger partial charge in [0.05, 0.1) is 0 Å². The molecule has 0 unspecified atom stereocenters. The van der Waals surface area contributed by atoms with E-state index in [9.17, 15) is 4.79 Å². The van der Waals surface area contributed by atoms with Gasteiger partial charge >= 0.3 is 0 Å². The van der Waals surface area contributed by atoms with Gasteiger partial charge in [-0.25, -0.2) is 0 Å². The average Bonchev–Trinajstić information content (AvgIpc) is 2.19. The lowest BCUT2D eigenvalue weighted by molar-refractivity contribution is 0.0939. The maximum absolute atomic E-state index is 12.0. The largest absolute Gasteiger partial charge is 0.383 e. The number of hydrogen-bond acceptors (Lipinski definition) is 2. The van der Waals surface area contributed by atoms with Crippen molar-refractivity contribution in [3.05, 3.63) is 29.3 Å². The molecule has 1 rings (SSSR count). The predicted molar refractivity (Wildman–Crippen MR) is 69.1 cm³/mol. The Bertz CT molecular complexity index is 380. The summed E-state index contributed by atoms with van der Waals surface area (Å²) in [7, 11) is 0. The molecule has 0 saturated carbocycles. The zero-order valence-electron chi connectivity index (χ0n) is 10.8. The summed E-state index contributed by atoms with van der Waals surface area (Å²) < 4.78 is 0. The Kier molecular flexibility index (Phi) is 4.11. The van der Waals surface area contributed by atoms with Gasteiger partial charge < -0.3 is 5.32 Å². The van der Waals surface area contributed by atoms with Crippen molar-refractivity contribution in [1.82, 2.24) is 0 Å². The summed E-state index contributed by atoms with van der Waals surface area (Å²) >= 11 is 0. The monoisotopic (exact) mass is 219 g/mol. The molecule has 0 bridgehead atoms. The van der Waals surface area contributed by atoms with E-state index in [1.54, 1.807) is 0 Å². The van der Waals surface area contributed by atoms with Gasteiger partial charge in [-0.1, -0.05) is 19.9 Å². The molecule has 16 heavy (non-hydrogen) atoms. The molecule has 0 aliphatic rings. The van der Waals surface area contributed by atoms with Gasteiger partial charge in [0.25, 0.3) is 0 Å². The zero-order valence-corrected chi connectivity index (χ0v) is 10.8. The molecule has 0 aliphatic carbocycles. The van der Waals surface area contributed by atoms with Gasteiger partial charge in [-0.2, -0.15) is 0 Å². The van der Waals surface area contributed by atoms with Crippen LogP contribution in [0.4, 0.5) is 5.69 Å². The van der Waals surface area contributed by atoms with Crippen LogP contribution < -0.4 is 5.32 Å². The normalized spacial score (nSPS) is 10.9. The molecule has 0 spiro atoms. The van der Waals surface area contributed by atoms with E-state index in [4.69, 9.17) is 0 Å². The molecule has 0 aromatic heterocycles. The number of Topliss-reactive ketones (excluding diaryl/α,β-unsaturated/α-hetero) is 1. The molecule has 1 aromatic rings. The van der Waals surface area contributed by atoms with Crippen LogP contribution in [0.3, 0.4) is 0 Å². The summed E-state index contributed by atoms with van der Waals surface area (Å²) in [5.41, 5.74) is 2.90. The smallest absolute Gasteiger partial charge is 0.165 e. The molecule has 1 N–H and O–H groups in total. The molecule has 0 saturated heterocycles. The van der Waals surface area contributed by atoms with Crippen molar-refractivity contribution in [2.24, 2.45) is 5.92 Å². The fourth-order valence-electron chi connectivity index (χ4n) is 1.62. The van der Waals surface area contributed by atoms with Gasteiger partial charge in [0.2, 0.25) is 0 Å². The summed E-state index contributed by atoms with van der Waals surface area (Å²) in [5.74, 6) is 0.262. The highest BCUT2D eigenvalue weighted by molar-refractivity contribution is 5.99. The maximum atomic E-state index is 12.0. The molecule has 0 radical (unpaired) electrons. The van der Waals surface area contributed by atoms with Crippen molar-refractivity contribution < 1.29 is 4.79 Å². The first-order valence-corrected chi connectivity index (χ1v) is 5.83. The minimum Gasteiger partial charge on any atom is -0.383 e. The summed E-state index contributed by atoms with van der Waals surface area (Å²) in [6, 6.07) is 6.36. The second kappa shape index (κ2) is 5.15. The van der Waals surface area contributed by atoms with Crippen LogP contribution in [-0.4, -0.2) is 11.8 Å². The predicted octanol–water partition coefficient (Wildman–Crippen LogP) is 3.65. The van der Waals surface area contributed by atoms with Crippen molar-refractivity contribution in [2.75, 3.05) is 5.32 Å².